The third-order valence-electron chi connectivity index (χ3n) is 3.68. The Morgan fingerprint density at radius 2 is 2.32 bits per heavy atom. The van der Waals surface area contributed by atoms with Gasteiger partial charge >= 0.3 is 0 Å². The summed E-state index contributed by atoms with van der Waals surface area (Å²) >= 11 is 0. The van der Waals surface area contributed by atoms with Crippen LogP contribution >= 0.6 is 0 Å². The van der Waals surface area contributed by atoms with E-state index < -0.39 is 0 Å². The molecule has 1 aliphatic heterocycles. The van der Waals surface area contributed by atoms with Crippen LogP contribution in [0.25, 0.3) is 0 Å². The third-order valence-corrected chi connectivity index (χ3v) is 3.68. The molecule has 0 spiro atoms. The zero-order valence-corrected chi connectivity index (χ0v) is 11.5. The monoisotopic (exact) mass is 264 g/mol. The predicted octanol–water partition coefficient (Wildman–Crippen LogP) is 2.80. The zero-order valence-electron chi connectivity index (χ0n) is 11.5. The van der Waals surface area contributed by atoms with Crippen molar-refractivity contribution in [2.45, 2.75) is 25.7 Å². The van der Waals surface area contributed by atoms with Gasteiger partial charge in [0.1, 0.15) is 5.75 Å². The molecule has 1 fully saturated rings. The molecule has 0 aromatic heterocycles. The van der Waals surface area contributed by atoms with Crippen LogP contribution in [0.5, 0.6) is 5.75 Å². The quantitative estimate of drug-likeness (QED) is 0.606. The summed E-state index contributed by atoms with van der Waals surface area (Å²) in [4.78, 5) is 12.9. The number of nitrogens with zero attached hydrogens (tertiary/aromatic N) is 2. The maximum absolute atomic E-state index is 10.9. The molecule has 19 heavy (non-hydrogen) atoms. The minimum absolute atomic E-state index is 0.143. The van der Waals surface area contributed by atoms with Crippen molar-refractivity contribution >= 4 is 5.69 Å². The fourth-order valence-corrected chi connectivity index (χ4v) is 2.76. The van der Waals surface area contributed by atoms with E-state index in [0.29, 0.717) is 5.92 Å². The van der Waals surface area contributed by atoms with Crippen LogP contribution < -0.4 is 4.74 Å². The molecule has 1 atom stereocenters. The first kappa shape index (κ1) is 13.8. The highest BCUT2D eigenvalue weighted by molar-refractivity contribution is 5.46. The lowest BCUT2D eigenvalue weighted by molar-refractivity contribution is -0.385. The minimum atomic E-state index is -0.346. The minimum Gasteiger partial charge on any atom is -0.496 e. The number of hydrogen-bond donors (Lipinski definition) is 0. The number of methoxy groups -OCH3 is 1. The Bertz CT molecular complexity index is 462. The Morgan fingerprint density at radius 1 is 1.53 bits per heavy atom. The number of hydrogen-bond acceptors (Lipinski definition) is 4. The Balaban J connectivity index is 2.23. The fourth-order valence-electron chi connectivity index (χ4n) is 2.76. The van der Waals surface area contributed by atoms with E-state index in [2.05, 4.69) is 11.8 Å². The summed E-state index contributed by atoms with van der Waals surface area (Å²) in [6.45, 7) is 5.28. The SMILES string of the molecule is CCCN1CCC(c2cc([N+](=O)[O-])ccc2OC)C1. The van der Waals surface area contributed by atoms with E-state index in [-0.39, 0.29) is 10.6 Å². The molecule has 5 heteroatoms. The Morgan fingerprint density at radius 3 is 2.95 bits per heavy atom. The molecule has 0 saturated carbocycles. The largest absolute Gasteiger partial charge is 0.496 e. The van der Waals surface area contributed by atoms with Gasteiger partial charge < -0.3 is 9.64 Å². The third kappa shape index (κ3) is 3.04. The highest BCUT2D eigenvalue weighted by Crippen LogP contribution is 2.35. The number of likely N-dealkylation sites (tertiary alicyclic amines) is 1. The van der Waals surface area contributed by atoms with Crippen molar-refractivity contribution in [1.82, 2.24) is 4.90 Å². The maximum atomic E-state index is 10.9. The highest BCUT2D eigenvalue weighted by Gasteiger charge is 2.27. The van der Waals surface area contributed by atoms with Gasteiger partial charge in [-0.3, -0.25) is 10.1 Å². The molecule has 104 valence electrons. The van der Waals surface area contributed by atoms with Crippen LogP contribution in [0.15, 0.2) is 18.2 Å². The van der Waals surface area contributed by atoms with Gasteiger partial charge in [-0.1, -0.05) is 6.92 Å². The lowest BCUT2D eigenvalue weighted by Crippen LogP contribution is -2.21. The summed E-state index contributed by atoms with van der Waals surface area (Å²) in [6, 6.07) is 4.87. The van der Waals surface area contributed by atoms with Gasteiger partial charge in [-0.15, -0.1) is 0 Å². The normalized spacial score (nSPS) is 19.6. The first-order chi connectivity index (χ1) is 9.15. The van der Waals surface area contributed by atoms with Crippen molar-refractivity contribution < 1.29 is 9.66 Å². The van der Waals surface area contributed by atoms with Gasteiger partial charge in [0.05, 0.1) is 12.0 Å². The molecule has 0 aliphatic carbocycles. The van der Waals surface area contributed by atoms with Crippen LogP contribution in [0.3, 0.4) is 0 Å². The Kier molecular flexibility index (Phi) is 4.37. The predicted molar refractivity (Wildman–Crippen MR) is 73.7 cm³/mol. The topological polar surface area (TPSA) is 55.6 Å². The number of nitro benzene ring substituents is 1. The standard InChI is InChI=1S/C14H20N2O3/c1-3-7-15-8-6-11(10-15)13-9-12(16(17)18)4-5-14(13)19-2/h4-5,9,11H,3,6-8,10H2,1-2H3. The Labute approximate surface area is 113 Å². The van der Waals surface area contributed by atoms with E-state index in [9.17, 15) is 10.1 Å². The van der Waals surface area contributed by atoms with Crippen LogP contribution in [0, 0.1) is 10.1 Å². The van der Waals surface area contributed by atoms with E-state index in [1.807, 2.05) is 0 Å². The van der Waals surface area contributed by atoms with Crippen LogP contribution in [-0.2, 0) is 0 Å². The average molecular weight is 264 g/mol. The second-order valence-electron chi connectivity index (χ2n) is 4.97. The van der Waals surface area contributed by atoms with Crippen molar-refractivity contribution in [3.8, 4) is 5.75 Å². The van der Waals surface area contributed by atoms with E-state index in [4.69, 9.17) is 4.74 Å². The molecule has 2 rings (SSSR count). The van der Waals surface area contributed by atoms with Gasteiger partial charge in [-0.2, -0.15) is 0 Å². The molecule has 1 aromatic rings. The van der Waals surface area contributed by atoms with Gasteiger partial charge in [0.15, 0.2) is 0 Å². The van der Waals surface area contributed by atoms with Crippen LogP contribution in [0.2, 0.25) is 0 Å². The average Bonchev–Trinajstić information content (AvgIpc) is 2.87. The van der Waals surface area contributed by atoms with Crippen molar-refractivity contribution in [3.63, 3.8) is 0 Å². The molecule has 0 N–H and O–H groups in total. The van der Waals surface area contributed by atoms with Crippen molar-refractivity contribution in [2.24, 2.45) is 0 Å². The molecule has 1 aromatic carbocycles. The van der Waals surface area contributed by atoms with Gasteiger partial charge in [-0.25, -0.2) is 0 Å². The molecular weight excluding hydrogens is 244 g/mol. The number of rotatable bonds is 5. The fraction of sp³-hybridized carbons (Fsp3) is 0.571. The molecule has 1 aliphatic rings. The van der Waals surface area contributed by atoms with Crippen LogP contribution in [0.4, 0.5) is 5.69 Å². The lowest BCUT2D eigenvalue weighted by atomic mass is 9.97. The maximum Gasteiger partial charge on any atom is 0.269 e. The zero-order chi connectivity index (χ0) is 13.8. The summed E-state index contributed by atoms with van der Waals surface area (Å²) in [6.07, 6.45) is 2.18. The summed E-state index contributed by atoms with van der Waals surface area (Å²) in [7, 11) is 1.61. The second kappa shape index (κ2) is 6.02. The molecular formula is C14H20N2O3. The molecule has 1 unspecified atom stereocenters. The summed E-state index contributed by atoms with van der Waals surface area (Å²) < 4.78 is 5.35. The first-order valence-electron chi connectivity index (χ1n) is 6.70. The van der Waals surface area contributed by atoms with Crippen LogP contribution in [-0.4, -0.2) is 36.6 Å². The van der Waals surface area contributed by atoms with E-state index >= 15 is 0 Å². The molecule has 1 heterocycles. The van der Waals surface area contributed by atoms with Crippen molar-refractivity contribution in [1.29, 1.82) is 0 Å². The van der Waals surface area contributed by atoms with Gasteiger partial charge in [-0.05, 0) is 32.0 Å². The molecule has 0 bridgehead atoms. The molecule has 5 nitrogen and oxygen atoms in total. The van der Waals surface area contributed by atoms with Gasteiger partial charge in [0.2, 0.25) is 0 Å². The first-order valence-corrected chi connectivity index (χ1v) is 6.70. The number of benzene rings is 1. The molecule has 0 amide bonds. The summed E-state index contributed by atoms with van der Waals surface area (Å²) in [5, 5.41) is 10.9. The van der Waals surface area contributed by atoms with Gasteiger partial charge in [0.25, 0.3) is 5.69 Å². The molecule has 1 saturated heterocycles. The Hall–Kier alpha value is -1.62. The highest BCUT2D eigenvalue weighted by atomic mass is 16.6. The van der Waals surface area contributed by atoms with Gasteiger partial charge in [0, 0.05) is 30.2 Å². The lowest BCUT2D eigenvalue weighted by Gasteiger charge is -2.16. The van der Waals surface area contributed by atoms with Crippen molar-refractivity contribution in [3.05, 3.63) is 33.9 Å². The second-order valence-corrected chi connectivity index (χ2v) is 4.97. The summed E-state index contributed by atoms with van der Waals surface area (Å²) in [5.74, 6) is 1.09. The van der Waals surface area contributed by atoms with E-state index in [1.165, 1.54) is 6.07 Å². The molecule has 0 radical (unpaired) electrons. The van der Waals surface area contributed by atoms with E-state index in [0.717, 1.165) is 43.8 Å². The van der Waals surface area contributed by atoms with Crippen LogP contribution in [0.1, 0.15) is 31.2 Å². The number of nitro groups is 1. The van der Waals surface area contributed by atoms with E-state index in [1.54, 1.807) is 19.2 Å². The number of ether oxygens (including phenoxy) is 1. The summed E-state index contributed by atoms with van der Waals surface area (Å²) in [5.41, 5.74) is 1.11. The van der Waals surface area contributed by atoms with Crippen molar-refractivity contribution in [2.75, 3.05) is 26.7 Å². The number of non-ortho nitro benzene ring substituents is 1. The smallest absolute Gasteiger partial charge is 0.269 e.